The summed E-state index contributed by atoms with van der Waals surface area (Å²) in [5.41, 5.74) is 1.56. The van der Waals surface area contributed by atoms with Crippen molar-refractivity contribution < 1.29 is 5.11 Å². The van der Waals surface area contributed by atoms with Crippen LogP contribution in [0.5, 0.6) is 5.75 Å². The van der Waals surface area contributed by atoms with Crippen LogP contribution >= 0.6 is 15.9 Å². The molecule has 1 aromatic rings. The van der Waals surface area contributed by atoms with Crippen molar-refractivity contribution in [1.29, 1.82) is 0 Å². The highest BCUT2D eigenvalue weighted by Gasteiger charge is 2.36. The summed E-state index contributed by atoms with van der Waals surface area (Å²) in [7, 11) is 0. The van der Waals surface area contributed by atoms with Crippen molar-refractivity contribution >= 4 is 15.9 Å². The second kappa shape index (κ2) is 3.55. The van der Waals surface area contributed by atoms with Crippen LogP contribution in [-0.2, 0) is 6.54 Å². The zero-order chi connectivity index (χ0) is 10.2. The monoisotopic (exact) mass is 255 g/mol. The van der Waals surface area contributed by atoms with Gasteiger partial charge < -0.3 is 10.4 Å². The van der Waals surface area contributed by atoms with Gasteiger partial charge in [-0.1, -0.05) is 6.07 Å². The van der Waals surface area contributed by atoms with E-state index in [1.165, 1.54) is 18.4 Å². The zero-order valence-corrected chi connectivity index (χ0v) is 9.76. The third kappa shape index (κ3) is 2.28. The molecule has 76 valence electrons. The van der Waals surface area contributed by atoms with Gasteiger partial charge in [0.15, 0.2) is 0 Å². The van der Waals surface area contributed by atoms with Crippen LogP contribution < -0.4 is 5.32 Å². The lowest BCUT2D eigenvalue weighted by Crippen LogP contribution is -2.26. The molecule has 1 saturated carbocycles. The maximum Gasteiger partial charge on any atom is 0.129 e. The van der Waals surface area contributed by atoms with E-state index < -0.39 is 0 Å². The number of phenolic OH excluding ortho intramolecular Hbond substituents is 1. The molecule has 14 heavy (non-hydrogen) atoms. The minimum absolute atomic E-state index is 0.298. The second-order valence-electron chi connectivity index (χ2n) is 4.20. The van der Waals surface area contributed by atoms with Gasteiger partial charge in [0.1, 0.15) is 5.75 Å². The predicted octanol–water partition coefficient (Wildman–Crippen LogP) is 2.80. The van der Waals surface area contributed by atoms with E-state index in [9.17, 15) is 5.11 Å². The number of benzene rings is 1. The number of aromatic hydroxyl groups is 1. The molecule has 0 amide bonds. The van der Waals surface area contributed by atoms with E-state index in [2.05, 4.69) is 28.2 Å². The molecule has 2 rings (SSSR count). The van der Waals surface area contributed by atoms with E-state index in [-0.39, 0.29) is 0 Å². The van der Waals surface area contributed by atoms with Crippen LogP contribution in [0.1, 0.15) is 25.3 Å². The molecule has 2 N–H and O–H groups in total. The molecule has 0 unspecified atom stereocenters. The summed E-state index contributed by atoms with van der Waals surface area (Å²) in [6, 6.07) is 5.61. The van der Waals surface area contributed by atoms with E-state index in [4.69, 9.17) is 0 Å². The first kappa shape index (κ1) is 9.99. The van der Waals surface area contributed by atoms with E-state index >= 15 is 0 Å². The fourth-order valence-electron chi connectivity index (χ4n) is 1.34. The van der Waals surface area contributed by atoms with Crippen LogP contribution in [0.3, 0.4) is 0 Å². The lowest BCUT2D eigenvalue weighted by Gasteiger charge is -2.11. The van der Waals surface area contributed by atoms with E-state index in [1.807, 2.05) is 12.1 Å². The maximum atomic E-state index is 9.32. The molecule has 1 aliphatic rings. The van der Waals surface area contributed by atoms with Gasteiger partial charge in [-0.15, -0.1) is 0 Å². The summed E-state index contributed by atoms with van der Waals surface area (Å²) in [4.78, 5) is 0. The highest BCUT2D eigenvalue weighted by Crippen LogP contribution is 2.34. The SMILES string of the molecule is CC1(NCc2ccc(O)c(Br)c2)CC1. The maximum absolute atomic E-state index is 9.32. The number of halogens is 1. The Morgan fingerprint density at radius 2 is 2.21 bits per heavy atom. The Morgan fingerprint density at radius 1 is 1.50 bits per heavy atom. The standard InChI is InChI=1S/C11H14BrNO/c1-11(4-5-11)13-7-8-2-3-10(14)9(12)6-8/h2-3,6,13-14H,4-5,7H2,1H3. The van der Waals surface area contributed by atoms with Crippen molar-refractivity contribution in [2.45, 2.75) is 31.8 Å². The number of phenols is 1. The number of hydrogen-bond acceptors (Lipinski definition) is 2. The Morgan fingerprint density at radius 3 is 2.79 bits per heavy atom. The first-order valence-corrected chi connectivity index (χ1v) is 5.61. The fraction of sp³-hybridized carbons (Fsp3) is 0.455. The minimum atomic E-state index is 0.298. The highest BCUT2D eigenvalue weighted by atomic mass is 79.9. The van der Waals surface area contributed by atoms with Crippen LogP contribution in [0, 0.1) is 0 Å². The van der Waals surface area contributed by atoms with Gasteiger partial charge in [-0.3, -0.25) is 0 Å². The van der Waals surface area contributed by atoms with Crippen LogP contribution in [0.4, 0.5) is 0 Å². The molecule has 0 saturated heterocycles. The van der Waals surface area contributed by atoms with Crippen molar-refractivity contribution in [2.75, 3.05) is 0 Å². The van der Waals surface area contributed by atoms with Gasteiger partial charge >= 0.3 is 0 Å². The quantitative estimate of drug-likeness (QED) is 0.871. The molecule has 0 atom stereocenters. The topological polar surface area (TPSA) is 32.3 Å². The fourth-order valence-corrected chi connectivity index (χ4v) is 1.77. The predicted molar refractivity (Wildman–Crippen MR) is 60.3 cm³/mol. The Kier molecular flexibility index (Phi) is 2.54. The molecule has 3 heteroatoms. The molecular weight excluding hydrogens is 242 g/mol. The first-order chi connectivity index (χ1) is 6.59. The van der Waals surface area contributed by atoms with Gasteiger partial charge in [0.05, 0.1) is 4.47 Å². The second-order valence-corrected chi connectivity index (χ2v) is 5.05. The van der Waals surface area contributed by atoms with Crippen molar-refractivity contribution in [1.82, 2.24) is 5.32 Å². The largest absolute Gasteiger partial charge is 0.507 e. The zero-order valence-electron chi connectivity index (χ0n) is 8.18. The van der Waals surface area contributed by atoms with Gasteiger partial charge in [-0.05, 0) is 53.4 Å². The molecule has 0 aliphatic heterocycles. The van der Waals surface area contributed by atoms with Gasteiger partial charge in [-0.25, -0.2) is 0 Å². The summed E-state index contributed by atoms with van der Waals surface area (Å²) in [5, 5.41) is 12.8. The summed E-state index contributed by atoms with van der Waals surface area (Å²) < 4.78 is 0.762. The van der Waals surface area contributed by atoms with Crippen LogP contribution in [0.2, 0.25) is 0 Å². The Hall–Kier alpha value is -0.540. The van der Waals surface area contributed by atoms with Crippen molar-refractivity contribution in [3.05, 3.63) is 28.2 Å². The van der Waals surface area contributed by atoms with Gasteiger partial charge in [0, 0.05) is 12.1 Å². The molecule has 0 radical (unpaired) electrons. The average Bonchev–Trinajstić information content (AvgIpc) is 2.87. The molecular formula is C11H14BrNO. The molecule has 2 nitrogen and oxygen atoms in total. The van der Waals surface area contributed by atoms with Crippen molar-refractivity contribution in [3.63, 3.8) is 0 Å². The van der Waals surface area contributed by atoms with Crippen LogP contribution in [0.25, 0.3) is 0 Å². The minimum Gasteiger partial charge on any atom is -0.507 e. The molecule has 0 heterocycles. The number of nitrogens with one attached hydrogen (secondary N) is 1. The lowest BCUT2D eigenvalue weighted by atomic mass is 10.2. The van der Waals surface area contributed by atoms with Crippen LogP contribution in [-0.4, -0.2) is 10.6 Å². The molecule has 0 bridgehead atoms. The van der Waals surface area contributed by atoms with Gasteiger partial charge in [-0.2, -0.15) is 0 Å². The Labute approximate surface area is 92.5 Å². The third-order valence-electron chi connectivity index (χ3n) is 2.73. The summed E-state index contributed by atoms with van der Waals surface area (Å²) in [6.07, 6.45) is 2.54. The summed E-state index contributed by atoms with van der Waals surface area (Å²) >= 11 is 3.30. The van der Waals surface area contributed by atoms with Gasteiger partial charge in [0.2, 0.25) is 0 Å². The molecule has 1 aliphatic carbocycles. The number of hydrogen-bond donors (Lipinski definition) is 2. The lowest BCUT2D eigenvalue weighted by molar-refractivity contribution is 0.471. The third-order valence-corrected chi connectivity index (χ3v) is 3.37. The Balaban J connectivity index is 1.99. The molecule has 1 fully saturated rings. The van der Waals surface area contributed by atoms with E-state index in [1.54, 1.807) is 6.07 Å². The van der Waals surface area contributed by atoms with E-state index in [0.717, 1.165) is 11.0 Å². The molecule has 0 spiro atoms. The molecule has 0 aromatic heterocycles. The summed E-state index contributed by atoms with van der Waals surface area (Å²) in [6.45, 7) is 3.11. The van der Waals surface area contributed by atoms with Crippen molar-refractivity contribution in [3.8, 4) is 5.75 Å². The number of rotatable bonds is 3. The Bertz CT molecular complexity index is 347. The summed E-state index contributed by atoms with van der Waals surface area (Å²) in [5.74, 6) is 0.298. The molecule has 1 aromatic carbocycles. The highest BCUT2D eigenvalue weighted by molar-refractivity contribution is 9.10. The smallest absolute Gasteiger partial charge is 0.129 e. The van der Waals surface area contributed by atoms with E-state index in [0.29, 0.717) is 11.3 Å². The normalized spacial score (nSPS) is 18.1. The van der Waals surface area contributed by atoms with Crippen LogP contribution in [0.15, 0.2) is 22.7 Å². The first-order valence-electron chi connectivity index (χ1n) is 4.81. The average molecular weight is 256 g/mol. The van der Waals surface area contributed by atoms with Gasteiger partial charge in [0.25, 0.3) is 0 Å². The van der Waals surface area contributed by atoms with Crippen molar-refractivity contribution in [2.24, 2.45) is 0 Å².